The van der Waals surface area contributed by atoms with Crippen LogP contribution in [0.2, 0.25) is 0 Å². The van der Waals surface area contributed by atoms with Crippen molar-refractivity contribution in [1.82, 2.24) is 4.90 Å². The van der Waals surface area contributed by atoms with Gasteiger partial charge in [0.15, 0.2) is 9.84 Å². The van der Waals surface area contributed by atoms with Gasteiger partial charge in [-0.3, -0.25) is 4.90 Å². The van der Waals surface area contributed by atoms with Gasteiger partial charge in [0, 0.05) is 19.6 Å². The third-order valence-corrected chi connectivity index (χ3v) is 5.96. The Labute approximate surface area is 144 Å². The smallest absolute Gasteiger partial charge is 0.155 e. The Kier molecular flexibility index (Phi) is 5.48. The largest absolute Gasteiger partial charge is 0.298 e. The van der Waals surface area contributed by atoms with Crippen molar-refractivity contribution in [2.75, 3.05) is 25.4 Å². The van der Waals surface area contributed by atoms with Crippen LogP contribution in [-0.4, -0.2) is 38.7 Å². The van der Waals surface area contributed by atoms with Gasteiger partial charge < -0.3 is 0 Å². The fraction of sp³-hybridized carbons (Fsp3) is 0.300. The minimum atomic E-state index is -3.06. The maximum absolute atomic E-state index is 12.3. The van der Waals surface area contributed by atoms with Crippen molar-refractivity contribution in [3.8, 4) is 0 Å². The van der Waals surface area contributed by atoms with E-state index >= 15 is 0 Å². The highest BCUT2D eigenvalue weighted by Crippen LogP contribution is 2.21. The second-order valence-electron chi connectivity index (χ2n) is 6.22. The van der Waals surface area contributed by atoms with Crippen molar-refractivity contribution in [1.29, 1.82) is 0 Å². The maximum atomic E-state index is 12.3. The lowest BCUT2D eigenvalue weighted by atomic mass is 10.00. The normalized spacial score (nSPS) is 15.9. The van der Waals surface area contributed by atoms with Crippen LogP contribution in [0.25, 0.3) is 5.57 Å². The first-order valence-corrected chi connectivity index (χ1v) is 10.2. The van der Waals surface area contributed by atoms with Crippen LogP contribution in [0.3, 0.4) is 0 Å². The van der Waals surface area contributed by atoms with E-state index in [4.69, 9.17) is 0 Å². The van der Waals surface area contributed by atoms with Crippen LogP contribution in [-0.2, 0) is 15.6 Å². The minimum Gasteiger partial charge on any atom is -0.298 e. The van der Waals surface area contributed by atoms with E-state index in [1.807, 2.05) is 36.4 Å². The molecule has 0 amide bonds. The zero-order chi connectivity index (χ0) is 16.8. The van der Waals surface area contributed by atoms with Gasteiger partial charge in [-0.2, -0.15) is 0 Å². The van der Waals surface area contributed by atoms with Crippen LogP contribution < -0.4 is 0 Å². The second kappa shape index (κ2) is 7.77. The number of hydrogen-bond acceptors (Lipinski definition) is 3. The molecular formula is C20H23NO2S. The molecule has 2 aromatic carbocycles. The van der Waals surface area contributed by atoms with E-state index in [1.165, 1.54) is 11.1 Å². The lowest BCUT2D eigenvalue weighted by Gasteiger charge is -2.26. The van der Waals surface area contributed by atoms with Gasteiger partial charge in [0.05, 0.1) is 11.5 Å². The average Bonchev–Trinajstić information content (AvgIpc) is 2.62. The van der Waals surface area contributed by atoms with Crippen molar-refractivity contribution >= 4 is 15.4 Å². The van der Waals surface area contributed by atoms with E-state index < -0.39 is 9.84 Å². The second-order valence-corrected chi connectivity index (χ2v) is 8.41. The fourth-order valence-electron chi connectivity index (χ4n) is 3.00. The highest BCUT2D eigenvalue weighted by molar-refractivity contribution is 7.90. The Balaban J connectivity index is 1.52. The summed E-state index contributed by atoms with van der Waals surface area (Å²) in [6.07, 6.45) is 3.20. The Morgan fingerprint density at radius 3 is 2.21 bits per heavy atom. The summed E-state index contributed by atoms with van der Waals surface area (Å²) in [6.45, 7) is 2.35. The van der Waals surface area contributed by atoms with Gasteiger partial charge in [-0.1, -0.05) is 66.7 Å². The molecule has 0 bridgehead atoms. The maximum Gasteiger partial charge on any atom is 0.155 e. The van der Waals surface area contributed by atoms with E-state index in [0.717, 1.165) is 25.1 Å². The van der Waals surface area contributed by atoms with Gasteiger partial charge >= 0.3 is 0 Å². The molecule has 126 valence electrons. The van der Waals surface area contributed by atoms with Gasteiger partial charge in [-0.15, -0.1) is 0 Å². The molecule has 3 rings (SSSR count). The molecule has 0 aliphatic carbocycles. The summed E-state index contributed by atoms with van der Waals surface area (Å²) in [5.74, 6) is 0.350. The molecule has 24 heavy (non-hydrogen) atoms. The molecule has 3 nitrogen and oxygen atoms in total. The quantitative estimate of drug-likeness (QED) is 0.808. The molecule has 0 fully saturated rings. The topological polar surface area (TPSA) is 37.4 Å². The van der Waals surface area contributed by atoms with E-state index in [1.54, 1.807) is 0 Å². The summed E-state index contributed by atoms with van der Waals surface area (Å²) in [7, 11) is -3.06. The molecule has 0 N–H and O–H groups in total. The molecular weight excluding hydrogens is 318 g/mol. The number of sulfone groups is 1. The van der Waals surface area contributed by atoms with Crippen LogP contribution in [0.4, 0.5) is 0 Å². The monoisotopic (exact) mass is 341 g/mol. The molecule has 0 aromatic heterocycles. The first kappa shape index (κ1) is 16.9. The SMILES string of the molecule is O=S(=O)(CCN1CC=C(c2ccccc2)CC1)Cc1ccccc1. The molecule has 0 radical (unpaired) electrons. The third kappa shape index (κ3) is 4.79. The highest BCUT2D eigenvalue weighted by atomic mass is 32.2. The van der Waals surface area contributed by atoms with E-state index in [-0.39, 0.29) is 11.5 Å². The highest BCUT2D eigenvalue weighted by Gasteiger charge is 2.17. The average molecular weight is 341 g/mol. The Morgan fingerprint density at radius 1 is 0.917 bits per heavy atom. The molecule has 1 heterocycles. The summed E-state index contributed by atoms with van der Waals surface area (Å²) < 4.78 is 24.6. The van der Waals surface area contributed by atoms with Crippen molar-refractivity contribution in [3.05, 3.63) is 77.9 Å². The van der Waals surface area contributed by atoms with Crippen LogP contribution in [0.5, 0.6) is 0 Å². The predicted octanol–water partition coefficient (Wildman–Crippen LogP) is 3.39. The van der Waals surface area contributed by atoms with Gasteiger partial charge in [0.25, 0.3) is 0 Å². The van der Waals surface area contributed by atoms with Gasteiger partial charge in [-0.05, 0) is 23.1 Å². The number of hydrogen-bond donors (Lipinski definition) is 0. The minimum absolute atomic E-state index is 0.132. The van der Waals surface area contributed by atoms with Gasteiger partial charge in [-0.25, -0.2) is 8.42 Å². The number of nitrogens with zero attached hydrogens (tertiary/aromatic N) is 1. The van der Waals surface area contributed by atoms with E-state index in [9.17, 15) is 8.42 Å². The Bertz CT molecular complexity index is 783. The van der Waals surface area contributed by atoms with Crippen molar-refractivity contribution in [2.45, 2.75) is 12.2 Å². The molecule has 1 aliphatic rings. The molecule has 4 heteroatoms. The molecule has 2 aromatic rings. The van der Waals surface area contributed by atoms with Crippen LogP contribution in [0.15, 0.2) is 66.7 Å². The van der Waals surface area contributed by atoms with Crippen LogP contribution in [0, 0.1) is 0 Å². The van der Waals surface area contributed by atoms with Gasteiger partial charge in [0.1, 0.15) is 0 Å². The lowest BCUT2D eigenvalue weighted by Crippen LogP contribution is -2.33. The fourth-order valence-corrected chi connectivity index (χ4v) is 4.38. The summed E-state index contributed by atoms with van der Waals surface area (Å²) in [4.78, 5) is 2.22. The van der Waals surface area contributed by atoms with Crippen LogP contribution in [0.1, 0.15) is 17.5 Å². The summed E-state index contributed by atoms with van der Waals surface area (Å²) in [5, 5.41) is 0. The third-order valence-electron chi connectivity index (χ3n) is 4.39. The molecule has 0 saturated heterocycles. The standard InChI is InChI=1S/C20H23NO2S/c22-24(23,17-18-7-3-1-4-8-18)16-15-21-13-11-20(12-14-21)19-9-5-2-6-10-19/h1-11H,12-17H2. The summed E-state index contributed by atoms with van der Waals surface area (Å²) in [6, 6.07) is 19.8. The zero-order valence-corrected chi connectivity index (χ0v) is 14.6. The van der Waals surface area contributed by atoms with E-state index in [0.29, 0.717) is 6.54 Å². The van der Waals surface area contributed by atoms with Crippen LogP contribution >= 0.6 is 0 Å². The first-order valence-electron chi connectivity index (χ1n) is 8.33. The number of benzene rings is 2. The molecule has 0 atom stereocenters. The number of rotatable bonds is 6. The predicted molar refractivity (Wildman–Crippen MR) is 99.4 cm³/mol. The molecule has 1 aliphatic heterocycles. The molecule has 0 spiro atoms. The Hall–Kier alpha value is -1.91. The lowest BCUT2D eigenvalue weighted by molar-refractivity contribution is 0.319. The van der Waals surface area contributed by atoms with Crippen molar-refractivity contribution in [3.63, 3.8) is 0 Å². The van der Waals surface area contributed by atoms with Crippen molar-refractivity contribution < 1.29 is 8.42 Å². The summed E-state index contributed by atoms with van der Waals surface area (Å²) in [5.41, 5.74) is 3.50. The van der Waals surface area contributed by atoms with Crippen molar-refractivity contribution in [2.24, 2.45) is 0 Å². The van der Waals surface area contributed by atoms with E-state index in [2.05, 4.69) is 35.2 Å². The molecule has 0 unspecified atom stereocenters. The Morgan fingerprint density at radius 2 is 1.58 bits per heavy atom. The van der Waals surface area contributed by atoms with Gasteiger partial charge in [0.2, 0.25) is 0 Å². The zero-order valence-electron chi connectivity index (χ0n) is 13.8. The first-order chi connectivity index (χ1) is 11.6. The molecule has 0 saturated carbocycles. The summed E-state index contributed by atoms with van der Waals surface area (Å²) >= 11 is 0.